The molecule has 1 aromatic carbocycles. The summed E-state index contributed by atoms with van der Waals surface area (Å²) in [6.45, 7) is 1.46. The van der Waals surface area contributed by atoms with Crippen LogP contribution in [0.4, 0.5) is 0 Å². The zero-order chi connectivity index (χ0) is 11.8. The second kappa shape index (κ2) is 4.31. The van der Waals surface area contributed by atoms with Gasteiger partial charge in [-0.15, -0.1) is 0 Å². The summed E-state index contributed by atoms with van der Waals surface area (Å²) >= 11 is 3.52. The molecule has 3 rings (SSSR count). The molecule has 4 nitrogen and oxygen atoms in total. The minimum absolute atomic E-state index is 0.154. The average molecular weight is 297 g/mol. The topological polar surface area (TPSA) is 36.3 Å². The number of halogens is 1. The first kappa shape index (κ1) is 11.0. The van der Waals surface area contributed by atoms with Crippen LogP contribution in [0, 0.1) is 0 Å². The fraction of sp³-hybridized carbons (Fsp3) is 0.417. The molecular weight excluding hydrogens is 284 g/mol. The highest BCUT2D eigenvalue weighted by Gasteiger charge is 2.19. The van der Waals surface area contributed by atoms with E-state index in [0.717, 1.165) is 34.2 Å². The molecule has 0 unspecified atom stereocenters. The quantitative estimate of drug-likeness (QED) is 0.854. The van der Waals surface area contributed by atoms with Gasteiger partial charge in [0, 0.05) is 29.5 Å². The predicted molar refractivity (Wildman–Crippen MR) is 68.3 cm³/mol. The van der Waals surface area contributed by atoms with E-state index in [1.54, 1.807) is 4.68 Å². The molecule has 1 saturated heterocycles. The minimum atomic E-state index is 0.154. The number of rotatable bonds is 2. The molecule has 2 heterocycles. The number of aromatic nitrogens is 2. The summed E-state index contributed by atoms with van der Waals surface area (Å²) in [5, 5.41) is 5.51. The molecule has 17 heavy (non-hydrogen) atoms. The van der Waals surface area contributed by atoms with E-state index >= 15 is 0 Å². The van der Waals surface area contributed by atoms with E-state index < -0.39 is 0 Å². The minimum Gasteiger partial charge on any atom is -0.486 e. The van der Waals surface area contributed by atoms with Crippen LogP contribution in [0.5, 0.6) is 5.75 Å². The molecule has 0 aliphatic carbocycles. The van der Waals surface area contributed by atoms with Crippen molar-refractivity contribution in [2.75, 3.05) is 13.2 Å². The summed E-state index contributed by atoms with van der Waals surface area (Å²) in [5.41, 5.74) is 0.897. The van der Waals surface area contributed by atoms with E-state index in [2.05, 4.69) is 21.0 Å². The molecule has 1 fully saturated rings. The molecule has 0 bridgehead atoms. The summed E-state index contributed by atoms with van der Waals surface area (Å²) in [6.07, 6.45) is 3.09. The van der Waals surface area contributed by atoms with Gasteiger partial charge in [0.1, 0.15) is 17.4 Å². The van der Waals surface area contributed by atoms with Crippen LogP contribution in [-0.4, -0.2) is 29.1 Å². The Labute approximate surface area is 108 Å². The van der Waals surface area contributed by atoms with Gasteiger partial charge in [-0.05, 0) is 12.1 Å². The lowest BCUT2D eigenvalue weighted by molar-refractivity contribution is 0.142. The summed E-state index contributed by atoms with van der Waals surface area (Å²) in [4.78, 5) is 0. The molecule has 0 radical (unpaired) electrons. The number of aryl methyl sites for hydroxylation is 1. The van der Waals surface area contributed by atoms with Crippen LogP contribution in [0.3, 0.4) is 0 Å². The van der Waals surface area contributed by atoms with Crippen LogP contribution in [0.15, 0.2) is 22.8 Å². The Hall–Kier alpha value is -1.07. The standard InChI is InChI=1S/C12H13BrN2O2/c1-15-6-9-10(13)2-3-11(12(9)14-15)17-8-4-5-16-7-8/h2-3,6,8H,4-5,7H2,1H3/t8-/m1/s1. The molecule has 5 heteroatoms. The summed E-state index contributed by atoms with van der Waals surface area (Å²) in [5.74, 6) is 0.833. The molecule has 1 aromatic heterocycles. The van der Waals surface area contributed by atoms with Crippen molar-refractivity contribution in [3.63, 3.8) is 0 Å². The van der Waals surface area contributed by atoms with Gasteiger partial charge < -0.3 is 9.47 Å². The third-order valence-corrected chi connectivity index (χ3v) is 3.57. The van der Waals surface area contributed by atoms with Crippen molar-refractivity contribution in [1.29, 1.82) is 0 Å². The van der Waals surface area contributed by atoms with E-state index in [9.17, 15) is 0 Å². The second-order valence-corrected chi connectivity index (χ2v) is 5.07. The van der Waals surface area contributed by atoms with Crippen molar-refractivity contribution >= 4 is 26.8 Å². The fourth-order valence-corrected chi connectivity index (χ4v) is 2.47. The molecule has 0 amide bonds. The lowest BCUT2D eigenvalue weighted by Crippen LogP contribution is -2.15. The first-order valence-electron chi connectivity index (χ1n) is 5.60. The smallest absolute Gasteiger partial charge is 0.148 e. The zero-order valence-corrected chi connectivity index (χ0v) is 11.1. The van der Waals surface area contributed by atoms with Gasteiger partial charge in [-0.25, -0.2) is 0 Å². The lowest BCUT2D eigenvalue weighted by Gasteiger charge is -2.12. The Morgan fingerprint density at radius 3 is 3.18 bits per heavy atom. The van der Waals surface area contributed by atoms with Gasteiger partial charge in [-0.3, -0.25) is 4.68 Å². The Morgan fingerprint density at radius 1 is 1.53 bits per heavy atom. The van der Waals surface area contributed by atoms with Crippen molar-refractivity contribution in [3.05, 3.63) is 22.8 Å². The van der Waals surface area contributed by atoms with E-state index in [1.165, 1.54) is 0 Å². The molecular formula is C12H13BrN2O2. The normalized spacial score (nSPS) is 20.0. The van der Waals surface area contributed by atoms with Crippen molar-refractivity contribution in [2.24, 2.45) is 7.05 Å². The van der Waals surface area contributed by atoms with E-state index in [1.807, 2.05) is 25.4 Å². The van der Waals surface area contributed by atoms with Crippen LogP contribution < -0.4 is 4.74 Å². The van der Waals surface area contributed by atoms with Crippen LogP contribution >= 0.6 is 15.9 Å². The number of hydrogen-bond donors (Lipinski definition) is 0. The molecule has 0 N–H and O–H groups in total. The maximum atomic E-state index is 5.94. The van der Waals surface area contributed by atoms with Crippen LogP contribution in [0.25, 0.3) is 10.9 Å². The fourth-order valence-electron chi connectivity index (χ4n) is 2.04. The van der Waals surface area contributed by atoms with E-state index in [4.69, 9.17) is 9.47 Å². The van der Waals surface area contributed by atoms with Crippen LogP contribution in [0.1, 0.15) is 6.42 Å². The van der Waals surface area contributed by atoms with Gasteiger partial charge in [0.15, 0.2) is 0 Å². The van der Waals surface area contributed by atoms with Crippen molar-refractivity contribution < 1.29 is 9.47 Å². The largest absolute Gasteiger partial charge is 0.486 e. The van der Waals surface area contributed by atoms with Crippen molar-refractivity contribution in [1.82, 2.24) is 9.78 Å². The Balaban J connectivity index is 2.00. The second-order valence-electron chi connectivity index (χ2n) is 4.21. The number of benzene rings is 1. The highest BCUT2D eigenvalue weighted by Crippen LogP contribution is 2.31. The SMILES string of the molecule is Cn1cc2c(Br)ccc(O[C@@H]3CCOC3)c2n1. The summed E-state index contributed by atoms with van der Waals surface area (Å²) in [6, 6.07) is 3.95. The van der Waals surface area contributed by atoms with Gasteiger partial charge in [0.05, 0.1) is 13.2 Å². The lowest BCUT2D eigenvalue weighted by atomic mass is 10.2. The first-order valence-corrected chi connectivity index (χ1v) is 6.39. The Morgan fingerprint density at radius 2 is 2.41 bits per heavy atom. The number of nitrogens with zero attached hydrogens (tertiary/aromatic N) is 2. The van der Waals surface area contributed by atoms with Gasteiger partial charge in [-0.2, -0.15) is 5.10 Å². The average Bonchev–Trinajstić information content (AvgIpc) is 2.91. The Kier molecular flexibility index (Phi) is 2.80. The number of ether oxygens (including phenoxy) is 2. The van der Waals surface area contributed by atoms with Crippen LogP contribution in [0.2, 0.25) is 0 Å². The molecule has 1 aliphatic heterocycles. The molecule has 1 atom stereocenters. The highest BCUT2D eigenvalue weighted by atomic mass is 79.9. The molecule has 0 spiro atoms. The van der Waals surface area contributed by atoms with Gasteiger partial charge >= 0.3 is 0 Å². The molecule has 2 aromatic rings. The predicted octanol–water partition coefficient (Wildman–Crippen LogP) is 2.50. The summed E-state index contributed by atoms with van der Waals surface area (Å²) < 4.78 is 14.1. The third-order valence-electron chi connectivity index (χ3n) is 2.88. The number of fused-ring (bicyclic) bond motifs is 1. The summed E-state index contributed by atoms with van der Waals surface area (Å²) in [7, 11) is 1.91. The first-order chi connectivity index (χ1) is 8.24. The third kappa shape index (κ3) is 2.05. The van der Waals surface area contributed by atoms with Gasteiger partial charge in [0.2, 0.25) is 0 Å². The zero-order valence-electron chi connectivity index (χ0n) is 9.52. The van der Waals surface area contributed by atoms with E-state index in [0.29, 0.717) is 6.61 Å². The van der Waals surface area contributed by atoms with Gasteiger partial charge in [0.25, 0.3) is 0 Å². The monoisotopic (exact) mass is 296 g/mol. The molecule has 90 valence electrons. The van der Waals surface area contributed by atoms with Crippen molar-refractivity contribution in [2.45, 2.75) is 12.5 Å². The Bertz CT molecular complexity index is 547. The highest BCUT2D eigenvalue weighted by molar-refractivity contribution is 9.10. The van der Waals surface area contributed by atoms with E-state index in [-0.39, 0.29) is 6.10 Å². The maximum absolute atomic E-state index is 5.94. The van der Waals surface area contributed by atoms with Crippen LogP contribution in [-0.2, 0) is 11.8 Å². The molecule has 1 aliphatic rings. The maximum Gasteiger partial charge on any atom is 0.148 e. The molecule has 0 saturated carbocycles. The van der Waals surface area contributed by atoms with Gasteiger partial charge in [-0.1, -0.05) is 15.9 Å². The number of hydrogen-bond acceptors (Lipinski definition) is 3. The van der Waals surface area contributed by atoms with Crippen molar-refractivity contribution in [3.8, 4) is 5.75 Å².